The number of aromatic nitrogens is 1. The van der Waals surface area contributed by atoms with Crippen molar-refractivity contribution in [3.8, 4) is 0 Å². The second kappa shape index (κ2) is 9.50. The van der Waals surface area contributed by atoms with Crippen LogP contribution in [-0.4, -0.2) is 50.6 Å². The number of halogens is 1. The van der Waals surface area contributed by atoms with Gasteiger partial charge in [-0.2, -0.15) is 0 Å². The van der Waals surface area contributed by atoms with Gasteiger partial charge in [-0.05, 0) is 62.2 Å². The molecule has 3 aromatic rings. The highest BCUT2D eigenvalue weighted by Gasteiger charge is 2.26. The van der Waals surface area contributed by atoms with Crippen LogP contribution in [0.3, 0.4) is 0 Å². The van der Waals surface area contributed by atoms with Gasteiger partial charge in [-0.1, -0.05) is 19.9 Å². The fourth-order valence-electron chi connectivity index (χ4n) is 4.55. The van der Waals surface area contributed by atoms with Crippen molar-refractivity contribution in [3.63, 3.8) is 0 Å². The Morgan fingerprint density at radius 1 is 0.971 bits per heavy atom. The van der Waals surface area contributed by atoms with Gasteiger partial charge in [0.15, 0.2) is 0 Å². The van der Waals surface area contributed by atoms with E-state index in [0.29, 0.717) is 30.8 Å². The van der Waals surface area contributed by atoms with Crippen LogP contribution in [0.1, 0.15) is 31.4 Å². The molecule has 0 bridgehead atoms. The molecule has 1 saturated heterocycles. The number of nitrogens with zero attached hydrogens (tertiary/aromatic N) is 3. The summed E-state index contributed by atoms with van der Waals surface area (Å²) in [6, 6.07) is 7.75. The molecule has 2 heterocycles. The lowest BCUT2D eigenvalue weighted by Gasteiger charge is -2.35. The monoisotopic (exact) mass is 485 g/mol. The van der Waals surface area contributed by atoms with E-state index in [9.17, 15) is 13.2 Å². The Kier molecular flexibility index (Phi) is 6.82. The van der Waals surface area contributed by atoms with E-state index >= 15 is 4.39 Å². The summed E-state index contributed by atoms with van der Waals surface area (Å²) in [7, 11) is -4.07. The van der Waals surface area contributed by atoms with Crippen molar-refractivity contribution < 1.29 is 12.8 Å². The minimum atomic E-state index is -4.07. The molecule has 182 valence electrons. The summed E-state index contributed by atoms with van der Waals surface area (Å²) in [5, 5.41) is 0.0896. The molecule has 34 heavy (non-hydrogen) atoms. The maximum absolute atomic E-state index is 15.3. The van der Waals surface area contributed by atoms with Gasteiger partial charge in [0.1, 0.15) is 10.7 Å². The summed E-state index contributed by atoms with van der Waals surface area (Å²) in [6.07, 6.45) is 2.17. The molecule has 1 aliphatic rings. The van der Waals surface area contributed by atoms with Crippen LogP contribution in [0.4, 0.5) is 10.1 Å². The average molecular weight is 486 g/mol. The number of hydrogen-bond donors (Lipinski definition) is 0. The number of pyridine rings is 1. The second-order valence-electron chi connectivity index (χ2n) is 9.01. The van der Waals surface area contributed by atoms with Crippen LogP contribution < -0.4 is 10.3 Å². The number of fused-ring (bicyclic) bond motifs is 1. The lowest BCUT2D eigenvalue weighted by Crippen LogP contribution is -2.46. The van der Waals surface area contributed by atoms with Crippen molar-refractivity contribution in [2.45, 2.75) is 50.5 Å². The van der Waals surface area contributed by atoms with E-state index in [-0.39, 0.29) is 15.2 Å². The number of anilines is 1. The summed E-state index contributed by atoms with van der Waals surface area (Å²) in [4.78, 5) is 17.5. The van der Waals surface area contributed by atoms with E-state index in [2.05, 4.69) is 11.8 Å². The zero-order valence-electron chi connectivity index (χ0n) is 20.3. The number of hydrogen-bond acceptors (Lipinski definition) is 5. The predicted molar refractivity (Wildman–Crippen MR) is 134 cm³/mol. The first kappa shape index (κ1) is 24.4. The molecular weight excluding hydrogens is 453 g/mol. The molecule has 1 fully saturated rings. The van der Waals surface area contributed by atoms with Gasteiger partial charge < -0.3 is 14.4 Å². The SMILES string of the molecule is CCCn1cc(S(=O)(=O)c2ccc(C)c(C)c2)c(=O)c2cc(F)c(N3CCN(CC)CC3)cc21. The van der Waals surface area contributed by atoms with E-state index in [1.807, 2.05) is 25.7 Å². The smallest absolute Gasteiger partial charge is 0.211 e. The first-order valence-corrected chi connectivity index (χ1v) is 13.3. The molecule has 1 aromatic heterocycles. The van der Waals surface area contributed by atoms with Crippen molar-refractivity contribution in [1.82, 2.24) is 9.47 Å². The molecular formula is C26H32FN3O3S. The molecule has 0 aliphatic carbocycles. The minimum absolute atomic E-state index is 0.0704. The minimum Gasteiger partial charge on any atom is -0.367 e. The fourth-order valence-corrected chi connectivity index (χ4v) is 6.00. The molecule has 1 aliphatic heterocycles. The highest BCUT2D eigenvalue weighted by molar-refractivity contribution is 7.91. The van der Waals surface area contributed by atoms with Gasteiger partial charge in [0, 0.05) is 38.9 Å². The number of benzene rings is 2. The largest absolute Gasteiger partial charge is 0.367 e. The number of sulfone groups is 1. The Bertz CT molecular complexity index is 1390. The highest BCUT2D eigenvalue weighted by atomic mass is 32.2. The predicted octanol–water partition coefficient (Wildman–Crippen LogP) is 4.14. The lowest BCUT2D eigenvalue weighted by atomic mass is 10.1. The van der Waals surface area contributed by atoms with Crippen LogP contribution in [-0.2, 0) is 16.4 Å². The van der Waals surface area contributed by atoms with Crippen molar-refractivity contribution in [2.75, 3.05) is 37.6 Å². The van der Waals surface area contributed by atoms with Gasteiger partial charge in [0.25, 0.3) is 0 Å². The third kappa shape index (κ3) is 4.36. The molecule has 2 aromatic carbocycles. The van der Waals surface area contributed by atoms with Crippen molar-refractivity contribution in [3.05, 3.63) is 63.7 Å². The van der Waals surface area contributed by atoms with E-state index in [1.54, 1.807) is 22.8 Å². The number of piperazine rings is 1. The first-order valence-electron chi connectivity index (χ1n) is 11.8. The van der Waals surface area contributed by atoms with Crippen LogP contribution in [0.5, 0.6) is 0 Å². The van der Waals surface area contributed by atoms with Gasteiger partial charge in [0.2, 0.25) is 15.3 Å². The van der Waals surface area contributed by atoms with Crippen LogP contribution in [0.25, 0.3) is 10.9 Å². The van der Waals surface area contributed by atoms with E-state index < -0.39 is 21.1 Å². The van der Waals surface area contributed by atoms with Crippen LogP contribution >= 0.6 is 0 Å². The Hall–Kier alpha value is -2.71. The normalized spacial score (nSPS) is 15.3. The van der Waals surface area contributed by atoms with Gasteiger partial charge >= 0.3 is 0 Å². The summed E-state index contributed by atoms with van der Waals surface area (Å²) >= 11 is 0. The summed E-state index contributed by atoms with van der Waals surface area (Å²) in [6.45, 7) is 12.4. The van der Waals surface area contributed by atoms with Gasteiger partial charge in [-0.15, -0.1) is 0 Å². The number of aryl methyl sites for hydroxylation is 3. The Balaban J connectivity index is 1.87. The molecule has 8 heteroatoms. The number of likely N-dealkylation sites (N-methyl/N-ethyl adjacent to an activating group) is 1. The Labute approximate surface area is 200 Å². The Morgan fingerprint density at radius 3 is 2.29 bits per heavy atom. The van der Waals surface area contributed by atoms with E-state index in [1.165, 1.54) is 18.3 Å². The molecule has 0 amide bonds. The molecule has 6 nitrogen and oxygen atoms in total. The maximum Gasteiger partial charge on any atom is 0.211 e. The van der Waals surface area contributed by atoms with Crippen molar-refractivity contribution in [2.24, 2.45) is 0 Å². The van der Waals surface area contributed by atoms with Gasteiger partial charge in [-0.3, -0.25) is 4.79 Å². The zero-order chi connectivity index (χ0) is 24.6. The third-order valence-corrected chi connectivity index (χ3v) is 8.56. The van der Waals surface area contributed by atoms with Crippen LogP contribution in [0.15, 0.2) is 51.1 Å². The lowest BCUT2D eigenvalue weighted by molar-refractivity contribution is 0.270. The average Bonchev–Trinajstić information content (AvgIpc) is 2.82. The van der Waals surface area contributed by atoms with Gasteiger partial charge in [-0.25, -0.2) is 12.8 Å². The summed E-state index contributed by atoms with van der Waals surface area (Å²) in [5.74, 6) is -0.502. The second-order valence-corrected chi connectivity index (χ2v) is 10.9. The molecule has 0 saturated carbocycles. The zero-order valence-corrected chi connectivity index (χ0v) is 21.1. The highest BCUT2D eigenvalue weighted by Crippen LogP contribution is 2.28. The maximum atomic E-state index is 15.3. The summed E-state index contributed by atoms with van der Waals surface area (Å²) in [5.41, 5.74) is 2.14. The van der Waals surface area contributed by atoms with Crippen LogP contribution in [0, 0.1) is 19.7 Å². The molecule has 0 spiro atoms. The first-order chi connectivity index (χ1) is 16.2. The quantitative estimate of drug-likeness (QED) is 0.525. The van der Waals surface area contributed by atoms with E-state index in [0.717, 1.165) is 37.2 Å². The molecule has 0 atom stereocenters. The van der Waals surface area contributed by atoms with Crippen LogP contribution in [0.2, 0.25) is 0 Å². The number of rotatable bonds is 6. The third-order valence-electron chi connectivity index (χ3n) is 6.82. The molecule has 4 rings (SSSR count). The molecule has 0 radical (unpaired) electrons. The fraction of sp³-hybridized carbons (Fsp3) is 0.423. The topological polar surface area (TPSA) is 62.6 Å². The summed E-state index contributed by atoms with van der Waals surface area (Å²) < 4.78 is 44.0. The van der Waals surface area contributed by atoms with Crippen molar-refractivity contribution in [1.29, 1.82) is 0 Å². The standard InChI is InChI=1S/C26H32FN3O3S/c1-5-9-30-17-25(34(32,33)20-8-7-18(3)19(4)14-20)26(31)21-15-22(27)24(16-23(21)30)29-12-10-28(6-2)11-13-29/h7-8,14-17H,5-6,9-13H2,1-4H3. The molecule has 0 unspecified atom stereocenters. The Morgan fingerprint density at radius 2 is 1.68 bits per heavy atom. The van der Waals surface area contributed by atoms with Crippen molar-refractivity contribution >= 4 is 26.4 Å². The van der Waals surface area contributed by atoms with Gasteiger partial charge in [0.05, 0.1) is 21.5 Å². The van der Waals surface area contributed by atoms with E-state index in [4.69, 9.17) is 0 Å². The molecule has 0 N–H and O–H groups in total.